The Morgan fingerprint density at radius 3 is 2.12 bits per heavy atom. The SMILES string of the molecule is CC[C@@H](C(=O)NCC(C)C)N(Cc1cccc(OC)c1)C(=O)CN(c1cccc(OC)c1)S(=O)(=O)c1ccc(C)cc1. The van der Waals surface area contributed by atoms with Crippen molar-refractivity contribution in [2.45, 2.75) is 51.6 Å². The van der Waals surface area contributed by atoms with E-state index in [0.717, 1.165) is 15.4 Å². The molecule has 0 aliphatic carbocycles. The fourth-order valence-electron chi connectivity index (χ4n) is 4.44. The molecule has 0 aliphatic heterocycles. The Bertz CT molecular complexity index is 1460. The van der Waals surface area contributed by atoms with Crippen LogP contribution in [0.3, 0.4) is 0 Å². The molecule has 1 atom stereocenters. The van der Waals surface area contributed by atoms with Crippen molar-refractivity contribution in [3.8, 4) is 11.5 Å². The summed E-state index contributed by atoms with van der Waals surface area (Å²) in [6.45, 7) is 7.68. The Kier molecular flexibility index (Phi) is 11.4. The monoisotopic (exact) mass is 595 g/mol. The van der Waals surface area contributed by atoms with Gasteiger partial charge in [0.1, 0.15) is 24.1 Å². The van der Waals surface area contributed by atoms with Gasteiger partial charge >= 0.3 is 0 Å². The first-order valence-corrected chi connectivity index (χ1v) is 15.4. The predicted octanol–water partition coefficient (Wildman–Crippen LogP) is 4.79. The van der Waals surface area contributed by atoms with Gasteiger partial charge in [-0.1, -0.05) is 56.7 Å². The van der Waals surface area contributed by atoms with E-state index in [4.69, 9.17) is 9.47 Å². The second kappa shape index (κ2) is 14.7. The van der Waals surface area contributed by atoms with Crippen molar-refractivity contribution in [2.75, 3.05) is 31.6 Å². The number of aryl methyl sites for hydroxylation is 1. The number of methoxy groups -OCH3 is 2. The molecule has 0 heterocycles. The van der Waals surface area contributed by atoms with Gasteiger partial charge in [0.2, 0.25) is 11.8 Å². The third-order valence-electron chi connectivity index (χ3n) is 6.79. The van der Waals surface area contributed by atoms with Crippen molar-refractivity contribution in [1.82, 2.24) is 10.2 Å². The maximum Gasteiger partial charge on any atom is 0.264 e. The lowest BCUT2D eigenvalue weighted by Crippen LogP contribution is -2.52. The summed E-state index contributed by atoms with van der Waals surface area (Å²) in [5.41, 5.74) is 1.91. The number of carbonyl (C=O) groups excluding carboxylic acids is 2. The minimum atomic E-state index is -4.17. The highest BCUT2D eigenvalue weighted by Crippen LogP contribution is 2.28. The maximum atomic E-state index is 14.2. The summed E-state index contributed by atoms with van der Waals surface area (Å²) in [6, 6.07) is 19.4. The van der Waals surface area contributed by atoms with Crippen LogP contribution in [-0.4, -0.2) is 58.5 Å². The first-order chi connectivity index (χ1) is 20.0. The lowest BCUT2D eigenvalue weighted by atomic mass is 10.1. The average molecular weight is 596 g/mol. The summed E-state index contributed by atoms with van der Waals surface area (Å²) in [6.07, 6.45) is 0.337. The van der Waals surface area contributed by atoms with Crippen molar-refractivity contribution in [2.24, 2.45) is 5.92 Å². The van der Waals surface area contributed by atoms with Gasteiger partial charge in [-0.25, -0.2) is 8.42 Å². The van der Waals surface area contributed by atoms with Gasteiger partial charge in [0, 0.05) is 19.2 Å². The molecule has 42 heavy (non-hydrogen) atoms. The van der Waals surface area contributed by atoms with Crippen LogP contribution in [0, 0.1) is 12.8 Å². The van der Waals surface area contributed by atoms with Crippen LogP contribution in [0.25, 0.3) is 0 Å². The van der Waals surface area contributed by atoms with Gasteiger partial charge < -0.3 is 19.7 Å². The summed E-state index contributed by atoms with van der Waals surface area (Å²) in [7, 11) is -1.13. The van der Waals surface area contributed by atoms with Crippen LogP contribution in [0.15, 0.2) is 77.7 Å². The number of nitrogens with one attached hydrogen (secondary N) is 1. The third-order valence-corrected chi connectivity index (χ3v) is 8.57. The van der Waals surface area contributed by atoms with Crippen LogP contribution < -0.4 is 19.1 Å². The molecule has 0 radical (unpaired) electrons. The molecule has 0 saturated carbocycles. The molecule has 0 unspecified atom stereocenters. The molecule has 226 valence electrons. The molecule has 0 spiro atoms. The Labute approximate surface area is 249 Å². The molecule has 2 amide bonds. The van der Waals surface area contributed by atoms with E-state index in [-0.39, 0.29) is 29.0 Å². The number of benzene rings is 3. The number of nitrogens with zero attached hydrogens (tertiary/aromatic N) is 2. The van der Waals surface area contributed by atoms with Crippen molar-refractivity contribution >= 4 is 27.5 Å². The van der Waals surface area contributed by atoms with Crippen molar-refractivity contribution in [3.63, 3.8) is 0 Å². The van der Waals surface area contributed by atoms with Crippen LogP contribution in [0.1, 0.15) is 38.3 Å². The summed E-state index contributed by atoms with van der Waals surface area (Å²) < 4.78 is 39.8. The third kappa shape index (κ3) is 8.25. The normalized spacial score (nSPS) is 12.0. The second-order valence-corrected chi connectivity index (χ2v) is 12.3. The van der Waals surface area contributed by atoms with Crippen LogP contribution in [0.2, 0.25) is 0 Å². The van der Waals surface area contributed by atoms with Crippen LogP contribution in [-0.2, 0) is 26.2 Å². The van der Waals surface area contributed by atoms with Gasteiger partial charge in [-0.3, -0.25) is 13.9 Å². The van der Waals surface area contributed by atoms with E-state index in [1.807, 2.05) is 33.8 Å². The quantitative estimate of drug-likeness (QED) is 0.288. The lowest BCUT2D eigenvalue weighted by Gasteiger charge is -2.33. The van der Waals surface area contributed by atoms with Gasteiger partial charge in [0.05, 0.1) is 24.8 Å². The van der Waals surface area contributed by atoms with Crippen molar-refractivity contribution in [3.05, 3.63) is 83.9 Å². The highest BCUT2D eigenvalue weighted by Gasteiger charge is 2.34. The van der Waals surface area contributed by atoms with Crippen LogP contribution in [0.5, 0.6) is 11.5 Å². The van der Waals surface area contributed by atoms with Gasteiger partial charge in [0.25, 0.3) is 10.0 Å². The largest absolute Gasteiger partial charge is 0.497 e. The van der Waals surface area contributed by atoms with E-state index < -0.39 is 28.5 Å². The number of anilines is 1. The average Bonchev–Trinajstić information content (AvgIpc) is 2.98. The number of rotatable bonds is 14. The van der Waals surface area contributed by atoms with Gasteiger partial charge in [0.15, 0.2) is 0 Å². The number of hydrogen-bond donors (Lipinski definition) is 1. The molecular formula is C32H41N3O6S. The fourth-order valence-corrected chi connectivity index (χ4v) is 5.85. The zero-order valence-electron chi connectivity index (χ0n) is 25.2. The molecule has 3 aromatic carbocycles. The number of sulfonamides is 1. The van der Waals surface area contributed by atoms with E-state index >= 15 is 0 Å². The van der Waals surface area contributed by atoms with E-state index in [1.165, 1.54) is 24.1 Å². The Balaban J connectivity index is 2.07. The lowest BCUT2D eigenvalue weighted by molar-refractivity contribution is -0.140. The second-order valence-electron chi connectivity index (χ2n) is 10.5. The molecule has 0 saturated heterocycles. The Morgan fingerprint density at radius 1 is 0.905 bits per heavy atom. The molecule has 0 aliphatic rings. The van der Waals surface area contributed by atoms with Gasteiger partial charge in [-0.05, 0) is 61.2 Å². The summed E-state index contributed by atoms with van der Waals surface area (Å²) in [5, 5.41) is 2.93. The van der Waals surface area contributed by atoms with E-state index in [0.29, 0.717) is 24.5 Å². The van der Waals surface area contributed by atoms with Gasteiger partial charge in [-0.2, -0.15) is 0 Å². The molecule has 0 fully saturated rings. The fraction of sp³-hybridized carbons (Fsp3) is 0.375. The molecule has 1 N–H and O–H groups in total. The summed E-state index contributed by atoms with van der Waals surface area (Å²) in [5.74, 6) is 0.450. The number of hydrogen-bond acceptors (Lipinski definition) is 6. The zero-order valence-corrected chi connectivity index (χ0v) is 26.0. The van der Waals surface area contributed by atoms with E-state index in [1.54, 1.807) is 61.7 Å². The minimum absolute atomic E-state index is 0.0461. The molecule has 10 heteroatoms. The minimum Gasteiger partial charge on any atom is -0.497 e. The summed E-state index contributed by atoms with van der Waals surface area (Å²) >= 11 is 0. The zero-order chi connectivity index (χ0) is 30.9. The Morgan fingerprint density at radius 2 is 1.52 bits per heavy atom. The number of ether oxygens (including phenoxy) is 2. The first kappa shape index (κ1) is 32.5. The molecule has 3 rings (SSSR count). The molecule has 3 aromatic rings. The van der Waals surface area contributed by atoms with Crippen molar-refractivity contribution < 1.29 is 27.5 Å². The molecule has 0 bridgehead atoms. The first-order valence-electron chi connectivity index (χ1n) is 13.9. The molecule has 0 aromatic heterocycles. The number of carbonyl (C=O) groups is 2. The van der Waals surface area contributed by atoms with E-state index in [2.05, 4.69) is 5.32 Å². The molecular weight excluding hydrogens is 554 g/mol. The standard InChI is InChI=1S/C32H41N3O6S/c1-7-30(32(37)33-20-23(2)3)34(21-25-10-8-12-27(18-25)40-5)31(36)22-35(26-11-9-13-28(19-26)41-6)42(38,39)29-16-14-24(4)15-17-29/h8-19,23,30H,7,20-22H2,1-6H3,(H,33,37)/t30-/m0/s1. The van der Waals surface area contributed by atoms with Crippen LogP contribution in [0.4, 0.5) is 5.69 Å². The maximum absolute atomic E-state index is 14.2. The Hall–Kier alpha value is -4.05. The molecule has 9 nitrogen and oxygen atoms in total. The topological polar surface area (TPSA) is 105 Å². The summed E-state index contributed by atoms with van der Waals surface area (Å²) in [4.78, 5) is 29.0. The number of amides is 2. The highest BCUT2D eigenvalue weighted by molar-refractivity contribution is 7.92. The predicted molar refractivity (Wildman–Crippen MR) is 164 cm³/mol. The van der Waals surface area contributed by atoms with Gasteiger partial charge in [-0.15, -0.1) is 0 Å². The van der Waals surface area contributed by atoms with E-state index in [9.17, 15) is 18.0 Å². The van der Waals surface area contributed by atoms with Crippen LogP contribution >= 0.6 is 0 Å². The smallest absolute Gasteiger partial charge is 0.264 e. The highest BCUT2D eigenvalue weighted by atomic mass is 32.2. The van der Waals surface area contributed by atoms with Crippen molar-refractivity contribution in [1.29, 1.82) is 0 Å².